The highest BCUT2D eigenvalue weighted by Crippen LogP contribution is 2.44. The van der Waals surface area contributed by atoms with Crippen LogP contribution in [-0.4, -0.2) is 34.5 Å². The van der Waals surface area contributed by atoms with Gasteiger partial charge in [-0.2, -0.15) is 0 Å². The molecule has 0 aromatic carbocycles. The predicted molar refractivity (Wildman–Crippen MR) is 68.1 cm³/mol. The number of hydrogen-bond acceptors (Lipinski definition) is 2. The number of carboxylic acids is 1. The molecule has 0 heterocycles. The molecular weight excluding hydrogens is 230 g/mol. The van der Waals surface area contributed by atoms with Gasteiger partial charge in [-0.1, -0.05) is 20.3 Å². The van der Waals surface area contributed by atoms with Crippen LogP contribution in [-0.2, 0) is 9.59 Å². The summed E-state index contributed by atoms with van der Waals surface area (Å²) >= 11 is 0. The summed E-state index contributed by atoms with van der Waals surface area (Å²) in [5.41, 5.74) is -1.08. The minimum absolute atomic E-state index is 0.121. The summed E-state index contributed by atoms with van der Waals surface area (Å²) in [5, 5.41) is 9.34. The van der Waals surface area contributed by atoms with Gasteiger partial charge in [-0.25, -0.2) is 0 Å². The van der Waals surface area contributed by atoms with Crippen molar-refractivity contribution < 1.29 is 14.7 Å². The van der Waals surface area contributed by atoms with Crippen LogP contribution >= 0.6 is 0 Å². The Morgan fingerprint density at radius 2 is 1.94 bits per heavy atom. The third-order valence-electron chi connectivity index (χ3n) is 4.22. The molecule has 0 bridgehead atoms. The largest absolute Gasteiger partial charge is 0.480 e. The summed E-state index contributed by atoms with van der Waals surface area (Å²) in [5.74, 6) is -0.500. The van der Waals surface area contributed by atoms with Gasteiger partial charge in [0.25, 0.3) is 0 Å². The topological polar surface area (TPSA) is 57.6 Å². The Morgan fingerprint density at radius 1 is 1.33 bits per heavy atom. The summed E-state index contributed by atoms with van der Waals surface area (Å²) in [6, 6.07) is 0.313. The molecule has 2 fully saturated rings. The highest BCUT2D eigenvalue weighted by molar-refractivity contribution is 6.03. The molecule has 0 radical (unpaired) electrons. The van der Waals surface area contributed by atoms with Gasteiger partial charge in [0.15, 0.2) is 0 Å². The molecule has 102 valence electrons. The van der Waals surface area contributed by atoms with E-state index >= 15 is 0 Å². The van der Waals surface area contributed by atoms with E-state index in [-0.39, 0.29) is 5.91 Å². The lowest BCUT2D eigenvalue weighted by Gasteiger charge is -2.40. The van der Waals surface area contributed by atoms with Crippen molar-refractivity contribution in [2.45, 2.75) is 58.4 Å². The zero-order valence-corrected chi connectivity index (χ0v) is 11.3. The van der Waals surface area contributed by atoms with Crippen LogP contribution in [0.15, 0.2) is 0 Å². The van der Waals surface area contributed by atoms with Crippen molar-refractivity contribution >= 4 is 11.9 Å². The lowest BCUT2D eigenvalue weighted by atomic mass is 9.67. The number of hydrogen-bond donors (Lipinski definition) is 1. The molecule has 2 aliphatic carbocycles. The first-order valence-electron chi connectivity index (χ1n) is 7.02. The fraction of sp³-hybridized carbons (Fsp3) is 0.857. The van der Waals surface area contributed by atoms with Gasteiger partial charge in [-0.15, -0.1) is 0 Å². The van der Waals surface area contributed by atoms with Gasteiger partial charge >= 0.3 is 5.97 Å². The molecule has 2 rings (SSSR count). The van der Waals surface area contributed by atoms with E-state index in [9.17, 15) is 14.7 Å². The molecular formula is C14H23NO3. The van der Waals surface area contributed by atoms with Gasteiger partial charge in [-0.3, -0.25) is 9.59 Å². The molecule has 0 unspecified atom stereocenters. The second-order valence-corrected chi connectivity index (χ2v) is 6.15. The number of rotatable bonds is 6. The highest BCUT2D eigenvalue weighted by Gasteiger charge is 2.54. The molecule has 1 N–H and O–H groups in total. The second kappa shape index (κ2) is 4.90. The predicted octanol–water partition coefficient (Wildman–Crippen LogP) is 2.28. The summed E-state index contributed by atoms with van der Waals surface area (Å²) in [4.78, 5) is 25.8. The van der Waals surface area contributed by atoms with Crippen LogP contribution < -0.4 is 0 Å². The molecule has 0 aliphatic heterocycles. The minimum Gasteiger partial charge on any atom is -0.480 e. The average molecular weight is 253 g/mol. The van der Waals surface area contributed by atoms with E-state index in [1.54, 1.807) is 0 Å². The first-order valence-corrected chi connectivity index (χ1v) is 7.02. The average Bonchev–Trinajstić information content (AvgIpc) is 2.99. The fourth-order valence-electron chi connectivity index (χ4n) is 2.56. The van der Waals surface area contributed by atoms with Gasteiger partial charge in [0.05, 0.1) is 0 Å². The molecule has 1 amide bonds. The van der Waals surface area contributed by atoms with Gasteiger partial charge in [0.2, 0.25) is 5.91 Å². The van der Waals surface area contributed by atoms with Crippen LogP contribution in [0.4, 0.5) is 0 Å². The summed E-state index contributed by atoms with van der Waals surface area (Å²) in [6.07, 6.45) is 4.94. The molecule has 0 atom stereocenters. The van der Waals surface area contributed by atoms with Crippen molar-refractivity contribution in [1.29, 1.82) is 0 Å². The van der Waals surface area contributed by atoms with Crippen LogP contribution in [0.25, 0.3) is 0 Å². The maximum atomic E-state index is 12.5. The van der Waals surface area contributed by atoms with E-state index < -0.39 is 11.4 Å². The quantitative estimate of drug-likeness (QED) is 0.739. The van der Waals surface area contributed by atoms with Crippen molar-refractivity contribution in [2.24, 2.45) is 11.3 Å². The molecule has 0 aromatic rings. The third-order valence-corrected chi connectivity index (χ3v) is 4.22. The number of nitrogens with zero attached hydrogens (tertiary/aromatic N) is 1. The molecule has 4 heteroatoms. The van der Waals surface area contributed by atoms with Gasteiger partial charge in [0.1, 0.15) is 5.41 Å². The number of aliphatic carboxylic acids is 1. The second-order valence-electron chi connectivity index (χ2n) is 6.15. The molecule has 2 saturated carbocycles. The number of amides is 1. The number of carbonyl (C=O) groups is 2. The van der Waals surface area contributed by atoms with Gasteiger partial charge in [-0.05, 0) is 38.0 Å². The molecule has 0 saturated heterocycles. The molecule has 18 heavy (non-hydrogen) atoms. The third kappa shape index (κ3) is 2.38. The fourth-order valence-corrected chi connectivity index (χ4v) is 2.56. The number of carbonyl (C=O) groups excluding carboxylic acids is 1. The summed E-state index contributed by atoms with van der Waals surface area (Å²) in [7, 11) is 0. The maximum absolute atomic E-state index is 12.5. The zero-order chi connectivity index (χ0) is 13.3. The highest BCUT2D eigenvalue weighted by atomic mass is 16.4. The Balaban J connectivity index is 2.05. The van der Waals surface area contributed by atoms with Gasteiger partial charge < -0.3 is 10.0 Å². The van der Waals surface area contributed by atoms with Crippen molar-refractivity contribution in [2.75, 3.05) is 6.54 Å². The van der Waals surface area contributed by atoms with Crippen molar-refractivity contribution in [3.63, 3.8) is 0 Å². The lowest BCUT2D eigenvalue weighted by molar-refractivity contribution is -0.167. The van der Waals surface area contributed by atoms with E-state index in [2.05, 4.69) is 13.8 Å². The Labute approximate surface area is 108 Å². The smallest absolute Gasteiger partial charge is 0.319 e. The first kappa shape index (κ1) is 13.4. The van der Waals surface area contributed by atoms with Crippen LogP contribution in [0.3, 0.4) is 0 Å². The maximum Gasteiger partial charge on any atom is 0.319 e. The Hall–Kier alpha value is -1.06. The van der Waals surface area contributed by atoms with Crippen LogP contribution in [0, 0.1) is 11.3 Å². The van der Waals surface area contributed by atoms with E-state index in [1.165, 1.54) is 0 Å². The van der Waals surface area contributed by atoms with E-state index in [1.807, 2.05) is 4.90 Å². The Bertz CT molecular complexity index is 343. The molecule has 0 spiro atoms. The SMILES string of the molecule is CC(C)CCN(C(=O)C1(C(=O)O)CCC1)C1CC1. The molecule has 4 nitrogen and oxygen atoms in total. The van der Waals surface area contributed by atoms with E-state index in [0.717, 1.165) is 32.2 Å². The van der Waals surface area contributed by atoms with Crippen LogP contribution in [0.2, 0.25) is 0 Å². The summed E-state index contributed by atoms with van der Waals surface area (Å²) in [6.45, 7) is 4.98. The standard InChI is InChI=1S/C14H23NO3/c1-10(2)6-9-15(11-4-5-11)12(16)14(13(17)18)7-3-8-14/h10-11H,3-9H2,1-2H3,(H,17,18). The van der Waals surface area contributed by atoms with Crippen molar-refractivity contribution in [3.05, 3.63) is 0 Å². The first-order chi connectivity index (χ1) is 8.47. The molecule has 0 aromatic heterocycles. The van der Waals surface area contributed by atoms with E-state index in [0.29, 0.717) is 24.8 Å². The Kier molecular flexibility index (Phi) is 3.64. The van der Waals surface area contributed by atoms with Crippen molar-refractivity contribution in [3.8, 4) is 0 Å². The number of carboxylic acid groups (broad SMARTS) is 1. The monoisotopic (exact) mass is 253 g/mol. The normalized spacial score (nSPS) is 21.5. The summed E-state index contributed by atoms with van der Waals surface area (Å²) < 4.78 is 0. The zero-order valence-electron chi connectivity index (χ0n) is 11.3. The van der Waals surface area contributed by atoms with Crippen LogP contribution in [0.5, 0.6) is 0 Å². The van der Waals surface area contributed by atoms with E-state index in [4.69, 9.17) is 0 Å². The van der Waals surface area contributed by atoms with Crippen LogP contribution in [0.1, 0.15) is 52.4 Å². The van der Waals surface area contributed by atoms with Crippen molar-refractivity contribution in [1.82, 2.24) is 4.90 Å². The Morgan fingerprint density at radius 3 is 2.28 bits per heavy atom. The lowest BCUT2D eigenvalue weighted by Crippen LogP contribution is -2.53. The molecule has 2 aliphatic rings. The minimum atomic E-state index is -1.08. The van der Waals surface area contributed by atoms with Gasteiger partial charge in [0, 0.05) is 12.6 Å².